The van der Waals surface area contributed by atoms with Gasteiger partial charge in [-0.2, -0.15) is 0 Å². The lowest BCUT2D eigenvalue weighted by atomic mass is 9.89. The van der Waals surface area contributed by atoms with E-state index in [-0.39, 0.29) is 6.04 Å². The summed E-state index contributed by atoms with van der Waals surface area (Å²) in [6.45, 7) is 3.81. The van der Waals surface area contributed by atoms with Crippen LogP contribution in [-0.4, -0.2) is 28.7 Å². The van der Waals surface area contributed by atoms with Crippen molar-refractivity contribution in [3.05, 3.63) is 71.8 Å². The summed E-state index contributed by atoms with van der Waals surface area (Å²) >= 11 is 0. The van der Waals surface area contributed by atoms with Gasteiger partial charge in [0.15, 0.2) is 0 Å². The second-order valence-corrected chi connectivity index (χ2v) is 6.26. The van der Waals surface area contributed by atoms with E-state index in [1.807, 2.05) is 6.92 Å². The molecular weight excluding hydrogens is 258 g/mol. The predicted octanol–water partition coefficient (Wildman–Crippen LogP) is 3.62. The molecule has 110 valence electrons. The van der Waals surface area contributed by atoms with Gasteiger partial charge in [-0.15, -0.1) is 0 Å². The highest BCUT2D eigenvalue weighted by Crippen LogP contribution is 2.33. The van der Waals surface area contributed by atoms with Crippen LogP contribution < -0.4 is 0 Å². The highest BCUT2D eigenvalue weighted by molar-refractivity contribution is 5.32. The number of likely N-dealkylation sites (tertiary alicyclic amines) is 1. The monoisotopic (exact) mass is 281 g/mol. The van der Waals surface area contributed by atoms with E-state index in [1.165, 1.54) is 11.1 Å². The Labute approximate surface area is 127 Å². The van der Waals surface area contributed by atoms with E-state index in [1.54, 1.807) is 0 Å². The van der Waals surface area contributed by atoms with Gasteiger partial charge < -0.3 is 5.11 Å². The van der Waals surface area contributed by atoms with Crippen LogP contribution in [0.4, 0.5) is 0 Å². The summed E-state index contributed by atoms with van der Waals surface area (Å²) in [7, 11) is 0. The van der Waals surface area contributed by atoms with Crippen molar-refractivity contribution in [1.82, 2.24) is 4.90 Å². The molecule has 2 heteroatoms. The zero-order chi connectivity index (χ0) is 14.7. The summed E-state index contributed by atoms with van der Waals surface area (Å²) in [5, 5.41) is 10.2. The fraction of sp³-hybridized carbons (Fsp3) is 0.368. The number of aliphatic hydroxyl groups is 1. The summed E-state index contributed by atoms with van der Waals surface area (Å²) in [4.78, 5) is 2.49. The third kappa shape index (κ3) is 3.34. The number of piperidine rings is 1. The lowest BCUT2D eigenvalue weighted by molar-refractivity contribution is -0.0127. The van der Waals surface area contributed by atoms with Crippen LogP contribution in [0.25, 0.3) is 0 Å². The molecule has 0 atom stereocenters. The molecule has 3 rings (SSSR count). The predicted molar refractivity (Wildman–Crippen MR) is 86.2 cm³/mol. The Morgan fingerprint density at radius 1 is 0.857 bits per heavy atom. The van der Waals surface area contributed by atoms with Crippen molar-refractivity contribution in [3.63, 3.8) is 0 Å². The maximum absolute atomic E-state index is 10.2. The summed E-state index contributed by atoms with van der Waals surface area (Å²) in [5.41, 5.74) is 2.14. The van der Waals surface area contributed by atoms with Crippen molar-refractivity contribution in [2.45, 2.75) is 31.4 Å². The van der Waals surface area contributed by atoms with E-state index in [4.69, 9.17) is 0 Å². The van der Waals surface area contributed by atoms with Crippen molar-refractivity contribution < 1.29 is 5.11 Å². The summed E-state index contributed by atoms with van der Waals surface area (Å²) in [6, 6.07) is 21.6. The minimum Gasteiger partial charge on any atom is -0.390 e. The first-order valence-corrected chi connectivity index (χ1v) is 7.72. The summed E-state index contributed by atoms with van der Waals surface area (Å²) in [5.74, 6) is 0. The molecular formula is C19H23NO. The summed E-state index contributed by atoms with van der Waals surface area (Å²) in [6.07, 6.45) is 1.67. The number of hydrogen-bond acceptors (Lipinski definition) is 2. The molecule has 0 aromatic heterocycles. The van der Waals surface area contributed by atoms with Gasteiger partial charge in [-0.3, -0.25) is 4.90 Å². The van der Waals surface area contributed by atoms with Crippen LogP contribution in [0.3, 0.4) is 0 Å². The highest BCUT2D eigenvalue weighted by atomic mass is 16.3. The van der Waals surface area contributed by atoms with Crippen molar-refractivity contribution in [2.24, 2.45) is 0 Å². The number of benzene rings is 2. The maximum Gasteiger partial charge on any atom is 0.0644 e. The van der Waals surface area contributed by atoms with E-state index >= 15 is 0 Å². The molecule has 1 N–H and O–H groups in total. The van der Waals surface area contributed by atoms with E-state index in [9.17, 15) is 5.11 Å². The van der Waals surface area contributed by atoms with Gasteiger partial charge in [0.25, 0.3) is 0 Å². The Morgan fingerprint density at radius 3 is 1.71 bits per heavy atom. The molecule has 1 fully saturated rings. The smallest absolute Gasteiger partial charge is 0.0644 e. The number of nitrogens with zero attached hydrogens (tertiary/aromatic N) is 1. The van der Waals surface area contributed by atoms with Gasteiger partial charge >= 0.3 is 0 Å². The molecule has 1 heterocycles. The Balaban J connectivity index is 1.91. The molecule has 1 saturated heterocycles. The quantitative estimate of drug-likeness (QED) is 0.929. The fourth-order valence-electron chi connectivity index (χ4n) is 3.15. The molecule has 0 saturated carbocycles. The molecule has 0 spiro atoms. The van der Waals surface area contributed by atoms with E-state index in [0.29, 0.717) is 0 Å². The lowest BCUT2D eigenvalue weighted by Gasteiger charge is -2.40. The van der Waals surface area contributed by atoms with Crippen LogP contribution in [0.5, 0.6) is 0 Å². The minimum absolute atomic E-state index is 0.281. The maximum atomic E-state index is 10.2. The van der Waals surface area contributed by atoms with Crippen molar-refractivity contribution in [2.75, 3.05) is 13.1 Å². The van der Waals surface area contributed by atoms with E-state index in [0.717, 1.165) is 25.9 Å². The Kier molecular flexibility index (Phi) is 4.09. The molecule has 0 bridgehead atoms. The molecule has 2 nitrogen and oxygen atoms in total. The van der Waals surface area contributed by atoms with Crippen LogP contribution in [0.2, 0.25) is 0 Å². The van der Waals surface area contributed by atoms with E-state index in [2.05, 4.69) is 65.6 Å². The molecule has 21 heavy (non-hydrogen) atoms. The van der Waals surface area contributed by atoms with Crippen molar-refractivity contribution in [1.29, 1.82) is 0 Å². The first-order chi connectivity index (χ1) is 10.2. The van der Waals surface area contributed by atoms with Gasteiger partial charge in [-0.05, 0) is 30.9 Å². The average Bonchev–Trinajstić information content (AvgIpc) is 2.51. The van der Waals surface area contributed by atoms with E-state index < -0.39 is 5.60 Å². The van der Waals surface area contributed by atoms with Crippen LogP contribution in [0, 0.1) is 0 Å². The van der Waals surface area contributed by atoms with Crippen LogP contribution in [0.1, 0.15) is 36.9 Å². The first kappa shape index (κ1) is 14.3. The fourth-order valence-corrected chi connectivity index (χ4v) is 3.15. The molecule has 0 unspecified atom stereocenters. The Morgan fingerprint density at radius 2 is 1.29 bits per heavy atom. The minimum atomic E-state index is -0.506. The molecule has 2 aromatic rings. The second-order valence-electron chi connectivity index (χ2n) is 6.26. The van der Waals surface area contributed by atoms with Gasteiger partial charge in [-0.25, -0.2) is 0 Å². The normalized spacial score (nSPS) is 18.8. The Hall–Kier alpha value is -1.64. The number of rotatable bonds is 3. The molecule has 1 aliphatic heterocycles. The third-order valence-electron chi connectivity index (χ3n) is 4.47. The standard InChI is InChI=1S/C19H23NO/c1-19(21)12-14-20(15-13-19)18(16-8-4-2-5-9-16)17-10-6-3-7-11-17/h2-11,18,21H,12-15H2,1H3. The van der Waals surface area contributed by atoms with Gasteiger partial charge in [0, 0.05) is 13.1 Å². The van der Waals surface area contributed by atoms with Gasteiger partial charge in [0.05, 0.1) is 11.6 Å². The summed E-state index contributed by atoms with van der Waals surface area (Å²) < 4.78 is 0. The zero-order valence-corrected chi connectivity index (χ0v) is 12.6. The van der Waals surface area contributed by atoms with Crippen molar-refractivity contribution in [3.8, 4) is 0 Å². The molecule has 0 amide bonds. The van der Waals surface area contributed by atoms with Crippen LogP contribution in [0.15, 0.2) is 60.7 Å². The molecule has 1 aliphatic rings. The van der Waals surface area contributed by atoms with Gasteiger partial charge in [-0.1, -0.05) is 60.7 Å². The SMILES string of the molecule is CC1(O)CCN(C(c2ccccc2)c2ccccc2)CC1. The topological polar surface area (TPSA) is 23.5 Å². The van der Waals surface area contributed by atoms with Gasteiger partial charge in [0.2, 0.25) is 0 Å². The highest BCUT2D eigenvalue weighted by Gasteiger charge is 2.31. The Bertz CT molecular complexity index is 515. The third-order valence-corrected chi connectivity index (χ3v) is 4.47. The largest absolute Gasteiger partial charge is 0.390 e. The van der Waals surface area contributed by atoms with Crippen molar-refractivity contribution >= 4 is 0 Å². The van der Waals surface area contributed by atoms with Crippen LogP contribution in [-0.2, 0) is 0 Å². The van der Waals surface area contributed by atoms with Gasteiger partial charge in [0.1, 0.15) is 0 Å². The first-order valence-electron chi connectivity index (χ1n) is 7.72. The average molecular weight is 281 g/mol. The molecule has 2 aromatic carbocycles. The number of hydrogen-bond donors (Lipinski definition) is 1. The molecule has 0 aliphatic carbocycles. The zero-order valence-electron chi connectivity index (χ0n) is 12.6. The second kappa shape index (κ2) is 6.00. The molecule has 0 radical (unpaired) electrons. The van der Waals surface area contributed by atoms with Crippen LogP contribution >= 0.6 is 0 Å². The lowest BCUT2D eigenvalue weighted by Crippen LogP contribution is -2.44.